The minimum Gasteiger partial charge on any atom is -0.494 e. The molecule has 0 saturated heterocycles. The highest BCUT2D eigenvalue weighted by molar-refractivity contribution is 5.94. The van der Waals surface area contributed by atoms with Crippen LogP contribution >= 0.6 is 0 Å². The van der Waals surface area contributed by atoms with Crippen LogP contribution in [-0.2, 0) is 6.61 Å². The first kappa shape index (κ1) is 14.8. The van der Waals surface area contributed by atoms with Gasteiger partial charge in [-0.3, -0.25) is 5.41 Å². The lowest BCUT2D eigenvalue weighted by Gasteiger charge is -2.09. The van der Waals surface area contributed by atoms with E-state index in [4.69, 9.17) is 20.6 Å². The smallest absolute Gasteiger partial charge is 0.130 e. The molecular weight excluding hydrogens is 271 g/mol. The van der Waals surface area contributed by atoms with E-state index in [-0.39, 0.29) is 12.4 Å². The van der Waals surface area contributed by atoms with Crippen molar-refractivity contribution in [2.75, 3.05) is 6.61 Å². The second-order valence-corrected chi connectivity index (χ2v) is 4.41. The quantitative estimate of drug-likeness (QED) is 0.634. The molecule has 2 rings (SSSR count). The molecule has 5 heteroatoms. The maximum Gasteiger partial charge on any atom is 0.130 e. The lowest BCUT2D eigenvalue weighted by molar-refractivity contribution is 0.298. The SMILES string of the molecule is CCOc1ccc(OCc2ccc(C(=N)N)cc2F)cc1. The summed E-state index contributed by atoms with van der Waals surface area (Å²) in [6.07, 6.45) is 0. The Kier molecular flexibility index (Phi) is 4.77. The van der Waals surface area contributed by atoms with Gasteiger partial charge in [0.2, 0.25) is 0 Å². The van der Waals surface area contributed by atoms with Crippen molar-refractivity contribution < 1.29 is 13.9 Å². The van der Waals surface area contributed by atoms with E-state index in [0.717, 1.165) is 5.75 Å². The molecule has 4 nitrogen and oxygen atoms in total. The van der Waals surface area contributed by atoms with Crippen LogP contribution in [0.3, 0.4) is 0 Å². The number of amidine groups is 1. The van der Waals surface area contributed by atoms with E-state index in [0.29, 0.717) is 23.5 Å². The molecule has 21 heavy (non-hydrogen) atoms. The molecule has 0 aromatic heterocycles. The Balaban J connectivity index is 2.01. The third-order valence-corrected chi connectivity index (χ3v) is 2.89. The molecule has 0 amide bonds. The van der Waals surface area contributed by atoms with Gasteiger partial charge in [-0.05, 0) is 37.3 Å². The normalized spacial score (nSPS) is 10.2. The Morgan fingerprint density at radius 2 is 1.71 bits per heavy atom. The van der Waals surface area contributed by atoms with Crippen molar-refractivity contribution in [2.45, 2.75) is 13.5 Å². The largest absolute Gasteiger partial charge is 0.494 e. The van der Waals surface area contributed by atoms with Gasteiger partial charge >= 0.3 is 0 Å². The molecule has 3 N–H and O–H groups in total. The van der Waals surface area contributed by atoms with Crippen LogP contribution in [0.5, 0.6) is 11.5 Å². The van der Waals surface area contributed by atoms with Crippen LogP contribution in [0.2, 0.25) is 0 Å². The highest BCUT2D eigenvalue weighted by Crippen LogP contribution is 2.19. The second-order valence-electron chi connectivity index (χ2n) is 4.41. The number of rotatable bonds is 6. The molecule has 0 aliphatic rings. The molecule has 0 bridgehead atoms. The standard InChI is InChI=1S/C16H17FN2O2/c1-2-20-13-5-7-14(8-6-13)21-10-12-4-3-11(16(18)19)9-15(12)17/h3-9H,2,10H2,1H3,(H3,18,19). The van der Waals surface area contributed by atoms with E-state index in [1.165, 1.54) is 6.07 Å². The van der Waals surface area contributed by atoms with Gasteiger partial charge in [-0.1, -0.05) is 12.1 Å². The lowest BCUT2D eigenvalue weighted by Crippen LogP contribution is -2.12. The fourth-order valence-electron chi connectivity index (χ4n) is 1.79. The van der Waals surface area contributed by atoms with Crippen LogP contribution in [0.25, 0.3) is 0 Å². The van der Waals surface area contributed by atoms with Crippen molar-refractivity contribution in [3.63, 3.8) is 0 Å². The summed E-state index contributed by atoms with van der Waals surface area (Å²) in [7, 11) is 0. The van der Waals surface area contributed by atoms with Gasteiger partial charge in [0.25, 0.3) is 0 Å². The van der Waals surface area contributed by atoms with E-state index in [9.17, 15) is 4.39 Å². The fourth-order valence-corrected chi connectivity index (χ4v) is 1.79. The molecule has 0 heterocycles. The monoisotopic (exact) mass is 288 g/mol. The maximum absolute atomic E-state index is 13.8. The Bertz CT molecular complexity index is 627. The van der Waals surface area contributed by atoms with Gasteiger partial charge in [0.1, 0.15) is 29.8 Å². The van der Waals surface area contributed by atoms with Crippen LogP contribution in [0.15, 0.2) is 42.5 Å². The van der Waals surface area contributed by atoms with E-state index >= 15 is 0 Å². The molecule has 2 aromatic rings. The van der Waals surface area contributed by atoms with Crippen molar-refractivity contribution in [1.29, 1.82) is 5.41 Å². The minimum absolute atomic E-state index is 0.109. The van der Waals surface area contributed by atoms with Gasteiger partial charge in [-0.15, -0.1) is 0 Å². The number of ether oxygens (including phenoxy) is 2. The zero-order valence-electron chi connectivity index (χ0n) is 11.7. The van der Waals surface area contributed by atoms with E-state index in [1.807, 2.05) is 6.92 Å². The van der Waals surface area contributed by atoms with Crippen LogP contribution in [0.1, 0.15) is 18.1 Å². The summed E-state index contributed by atoms with van der Waals surface area (Å²) < 4.78 is 24.7. The molecule has 0 saturated carbocycles. The highest BCUT2D eigenvalue weighted by atomic mass is 19.1. The molecule has 0 fully saturated rings. The van der Waals surface area contributed by atoms with Gasteiger partial charge < -0.3 is 15.2 Å². The Hall–Kier alpha value is -2.56. The summed E-state index contributed by atoms with van der Waals surface area (Å²) in [6, 6.07) is 11.5. The van der Waals surface area contributed by atoms with Crippen LogP contribution in [0.4, 0.5) is 4.39 Å². The van der Waals surface area contributed by atoms with Crippen molar-refractivity contribution in [3.05, 3.63) is 59.4 Å². The highest BCUT2D eigenvalue weighted by Gasteiger charge is 2.06. The zero-order chi connectivity index (χ0) is 15.2. The molecule has 0 radical (unpaired) electrons. The third kappa shape index (κ3) is 3.95. The first-order valence-electron chi connectivity index (χ1n) is 6.58. The fraction of sp³-hybridized carbons (Fsp3) is 0.188. The summed E-state index contributed by atoms with van der Waals surface area (Å²) in [6.45, 7) is 2.63. The number of hydrogen-bond acceptors (Lipinski definition) is 3. The minimum atomic E-state index is -0.436. The van der Waals surface area contributed by atoms with E-state index < -0.39 is 5.82 Å². The number of hydrogen-bond donors (Lipinski definition) is 2. The van der Waals surface area contributed by atoms with E-state index in [2.05, 4.69) is 0 Å². The summed E-state index contributed by atoms with van der Waals surface area (Å²) in [5.74, 6) is 0.803. The molecule has 0 aliphatic heterocycles. The maximum atomic E-state index is 13.8. The second kappa shape index (κ2) is 6.74. The average Bonchev–Trinajstić information content (AvgIpc) is 2.47. The number of nitrogens with one attached hydrogen (secondary N) is 1. The van der Waals surface area contributed by atoms with Gasteiger partial charge in [0, 0.05) is 11.1 Å². The predicted molar refractivity (Wildman–Crippen MR) is 79.4 cm³/mol. The van der Waals surface area contributed by atoms with Crippen molar-refractivity contribution >= 4 is 5.84 Å². The molecule has 0 unspecified atom stereocenters. The summed E-state index contributed by atoms with van der Waals surface area (Å²) in [5.41, 5.74) is 6.08. The topological polar surface area (TPSA) is 68.3 Å². The third-order valence-electron chi connectivity index (χ3n) is 2.89. The van der Waals surface area contributed by atoms with Gasteiger partial charge in [-0.2, -0.15) is 0 Å². The van der Waals surface area contributed by atoms with Gasteiger partial charge in [0.05, 0.1) is 6.61 Å². The van der Waals surface area contributed by atoms with Crippen LogP contribution < -0.4 is 15.2 Å². The molecule has 0 aliphatic carbocycles. The van der Waals surface area contributed by atoms with E-state index in [1.54, 1.807) is 36.4 Å². The van der Waals surface area contributed by atoms with Gasteiger partial charge in [0.15, 0.2) is 0 Å². The summed E-state index contributed by atoms with van der Waals surface area (Å²) >= 11 is 0. The predicted octanol–water partition coefficient (Wildman–Crippen LogP) is 3.09. The Labute approximate surface area is 122 Å². The first-order valence-corrected chi connectivity index (χ1v) is 6.58. The summed E-state index contributed by atoms with van der Waals surface area (Å²) in [4.78, 5) is 0. The zero-order valence-corrected chi connectivity index (χ0v) is 11.7. The van der Waals surface area contributed by atoms with Crippen LogP contribution in [0, 0.1) is 11.2 Å². The summed E-state index contributed by atoms with van der Waals surface area (Å²) in [5, 5.41) is 7.26. The molecule has 110 valence electrons. The Morgan fingerprint density at radius 1 is 1.10 bits per heavy atom. The van der Waals surface area contributed by atoms with Crippen molar-refractivity contribution in [1.82, 2.24) is 0 Å². The van der Waals surface area contributed by atoms with Crippen molar-refractivity contribution in [2.24, 2.45) is 5.73 Å². The number of nitrogen functional groups attached to an aromatic ring is 1. The number of halogens is 1. The number of nitrogens with two attached hydrogens (primary N) is 1. The molecule has 0 atom stereocenters. The number of benzene rings is 2. The Morgan fingerprint density at radius 3 is 2.24 bits per heavy atom. The molecule has 0 spiro atoms. The molecular formula is C16H17FN2O2. The first-order chi connectivity index (χ1) is 10.1. The van der Waals surface area contributed by atoms with Gasteiger partial charge in [-0.25, -0.2) is 4.39 Å². The van der Waals surface area contributed by atoms with Crippen molar-refractivity contribution in [3.8, 4) is 11.5 Å². The molecule has 2 aromatic carbocycles. The lowest BCUT2D eigenvalue weighted by atomic mass is 10.1. The average molecular weight is 288 g/mol. The van der Waals surface area contributed by atoms with Crippen LogP contribution in [-0.4, -0.2) is 12.4 Å².